The summed E-state index contributed by atoms with van der Waals surface area (Å²) in [5.74, 6) is -3.21. The zero-order valence-corrected chi connectivity index (χ0v) is 17.4. The first-order valence-electron chi connectivity index (χ1n) is 9.73. The van der Waals surface area contributed by atoms with E-state index in [1.165, 1.54) is 31.2 Å². The zero-order chi connectivity index (χ0) is 23.5. The molecule has 0 radical (unpaired) electrons. The van der Waals surface area contributed by atoms with Crippen LogP contribution in [0.25, 0.3) is 0 Å². The molecule has 2 aromatic carbocycles. The van der Waals surface area contributed by atoms with Crippen molar-refractivity contribution in [2.45, 2.75) is 19.4 Å². The summed E-state index contributed by atoms with van der Waals surface area (Å²) in [7, 11) is 0. The number of rotatable bonds is 10. The van der Waals surface area contributed by atoms with Gasteiger partial charge in [0.25, 0.3) is 0 Å². The molecule has 0 aliphatic rings. The van der Waals surface area contributed by atoms with Crippen molar-refractivity contribution in [3.8, 4) is 0 Å². The van der Waals surface area contributed by atoms with Crippen LogP contribution in [-0.2, 0) is 25.6 Å². The Bertz CT molecular complexity index is 993. The van der Waals surface area contributed by atoms with Gasteiger partial charge in [-0.05, 0) is 23.8 Å². The summed E-state index contributed by atoms with van der Waals surface area (Å²) >= 11 is 0. The number of hydrogen-bond donors (Lipinski definition) is 5. The molecule has 0 heterocycles. The van der Waals surface area contributed by atoms with Crippen molar-refractivity contribution in [2.75, 3.05) is 18.4 Å². The van der Waals surface area contributed by atoms with E-state index in [0.717, 1.165) is 5.56 Å². The molecular formula is C22H24N4O6. The van der Waals surface area contributed by atoms with Crippen LogP contribution in [-0.4, -0.2) is 53.8 Å². The fraction of sp³-hybridized carbons (Fsp3) is 0.227. The zero-order valence-electron chi connectivity index (χ0n) is 17.4. The van der Waals surface area contributed by atoms with E-state index in [1.807, 2.05) is 30.3 Å². The van der Waals surface area contributed by atoms with E-state index in [9.17, 15) is 24.0 Å². The topological polar surface area (TPSA) is 154 Å². The maximum absolute atomic E-state index is 12.4. The van der Waals surface area contributed by atoms with E-state index in [0.29, 0.717) is 0 Å². The highest BCUT2D eigenvalue weighted by molar-refractivity contribution is 5.97. The predicted octanol–water partition coefficient (Wildman–Crippen LogP) is 0.303. The molecule has 1 atom stereocenters. The van der Waals surface area contributed by atoms with Crippen LogP contribution in [0.2, 0.25) is 0 Å². The van der Waals surface area contributed by atoms with E-state index in [4.69, 9.17) is 5.11 Å². The number of aromatic carboxylic acids is 1. The summed E-state index contributed by atoms with van der Waals surface area (Å²) in [5, 5.41) is 18.8. The van der Waals surface area contributed by atoms with Crippen molar-refractivity contribution in [2.24, 2.45) is 0 Å². The van der Waals surface area contributed by atoms with Crippen LogP contribution in [0, 0.1) is 0 Å². The van der Waals surface area contributed by atoms with E-state index >= 15 is 0 Å². The minimum absolute atomic E-state index is 0.0128. The average molecular weight is 440 g/mol. The Labute approximate surface area is 184 Å². The summed E-state index contributed by atoms with van der Waals surface area (Å²) < 4.78 is 0. The third-order valence-electron chi connectivity index (χ3n) is 4.24. The number of benzene rings is 2. The number of carbonyl (C=O) groups excluding carboxylic acids is 4. The van der Waals surface area contributed by atoms with Gasteiger partial charge in [-0.25, -0.2) is 4.79 Å². The first kappa shape index (κ1) is 24.1. The number of hydrogen-bond acceptors (Lipinski definition) is 5. The van der Waals surface area contributed by atoms with Crippen LogP contribution in [0.5, 0.6) is 0 Å². The van der Waals surface area contributed by atoms with Gasteiger partial charge in [0, 0.05) is 19.0 Å². The number of carboxylic acid groups (broad SMARTS) is 1. The highest BCUT2D eigenvalue weighted by Crippen LogP contribution is 2.10. The molecule has 168 valence electrons. The van der Waals surface area contributed by atoms with Gasteiger partial charge in [-0.3, -0.25) is 19.2 Å². The van der Waals surface area contributed by atoms with Crippen molar-refractivity contribution in [1.82, 2.24) is 16.0 Å². The molecule has 2 aromatic rings. The Hall–Kier alpha value is -4.21. The quantitative estimate of drug-likeness (QED) is 0.358. The maximum atomic E-state index is 12.4. The fourth-order valence-corrected chi connectivity index (χ4v) is 2.77. The molecular weight excluding hydrogens is 416 g/mol. The maximum Gasteiger partial charge on any atom is 0.335 e. The third kappa shape index (κ3) is 8.27. The van der Waals surface area contributed by atoms with Gasteiger partial charge in [0.2, 0.25) is 23.6 Å². The van der Waals surface area contributed by atoms with Gasteiger partial charge >= 0.3 is 5.97 Å². The molecule has 0 aliphatic heterocycles. The molecule has 0 saturated heterocycles. The number of nitrogens with one attached hydrogen (secondary N) is 4. The largest absolute Gasteiger partial charge is 0.478 e. The molecule has 0 saturated carbocycles. The number of carbonyl (C=O) groups is 5. The third-order valence-corrected chi connectivity index (χ3v) is 4.24. The normalized spacial score (nSPS) is 11.0. The van der Waals surface area contributed by atoms with E-state index < -0.39 is 29.7 Å². The van der Waals surface area contributed by atoms with Gasteiger partial charge in [-0.2, -0.15) is 0 Å². The minimum atomic E-state index is -1.13. The van der Waals surface area contributed by atoms with Crippen LogP contribution < -0.4 is 21.3 Å². The Balaban J connectivity index is 1.80. The standard InChI is InChI=1S/C22H24N4O6/c1-14(27)25-18(10-15-6-3-2-4-7-15)21(30)24-12-19(28)23-13-20(29)26-17-9-5-8-16(11-17)22(31)32/h2-9,11,18H,10,12-13H2,1H3,(H,23,28)(H,24,30)(H,25,27)(H,26,29)(H,31,32)/t18-/m0/s1. The van der Waals surface area contributed by atoms with Crippen LogP contribution >= 0.6 is 0 Å². The molecule has 0 aromatic heterocycles. The lowest BCUT2D eigenvalue weighted by Crippen LogP contribution is -2.50. The smallest absolute Gasteiger partial charge is 0.335 e. The Kier molecular flexibility index (Phi) is 8.91. The minimum Gasteiger partial charge on any atom is -0.478 e. The first-order chi connectivity index (χ1) is 15.2. The monoisotopic (exact) mass is 440 g/mol. The molecule has 0 fully saturated rings. The van der Waals surface area contributed by atoms with Gasteiger partial charge in [-0.15, -0.1) is 0 Å². The van der Waals surface area contributed by atoms with Crippen LogP contribution in [0.1, 0.15) is 22.8 Å². The van der Waals surface area contributed by atoms with Gasteiger partial charge < -0.3 is 26.4 Å². The average Bonchev–Trinajstić information content (AvgIpc) is 2.76. The molecule has 4 amide bonds. The molecule has 32 heavy (non-hydrogen) atoms. The summed E-state index contributed by atoms with van der Waals surface area (Å²) in [6.07, 6.45) is 0.256. The molecule has 0 aliphatic carbocycles. The number of amides is 4. The van der Waals surface area contributed by atoms with Crippen molar-refractivity contribution in [3.05, 3.63) is 65.7 Å². The molecule has 0 unspecified atom stereocenters. The van der Waals surface area contributed by atoms with Gasteiger partial charge in [0.15, 0.2) is 0 Å². The Morgan fingerprint density at radius 1 is 0.875 bits per heavy atom. The van der Waals surface area contributed by atoms with Crippen LogP contribution in [0.4, 0.5) is 5.69 Å². The van der Waals surface area contributed by atoms with E-state index in [-0.39, 0.29) is 36.7 Å². The molecule has 2 rings (SSSR count). The first-order valence-corrected chi connectivity index (χ1v) is 9.73. The summed E-state index contributed by atoms with van der Waals surface area (Å²) in [5.41, 5.74) is 1.13. The number of carboxylic acids is 1. The second-order valence-corrected chi connectivity index (χ2v) is 6.87. The van der Waals surface area contributed by atoms with Gasteiger partial charge in [-0.1, -0.05) is 36.4 Å². The van der Waals surface area contributed by atoms with Crippen molar-refractivity contribution in [3.63, 3.8) is 0 Å². The second-order valence-electron chi connectivity index (χ2n) is 6.87. The molecule has 5 N–H and O–H groups in total. The lowest BCUT2D eigenvalue weighted by molar-refractivity contribution is -0.130. The van der Waals surface area contributed by atoms with Crippen molar-refractivity contribution >= 4 is 35.3 Å². The highest BCUT2D eigenvalue weighted by atomic mass is 16.4. The summed E-state index contributed by atoms with van der Waals surface area (Å²) in [6, 6.07) is 13.9. The predicted molar refractivity (Wildman–Crippen MR) is 116 cm³/mol. The number of anilines is 1. The summed E-state index contributed by atoms with van der Waals surface area (Å²) in [6.45, 7) is 0.541. The molecule has 10 nitrogen and oxygen atoms in total. The molecule has 10 heteroatoms. The molecule has 0 spiro atoms. The second kappa shape index (κ2) is 11.8. The van der Waals surface area contributed by atoms with Crippen LogP contribution in [0.3, 0.4) is 0 Å². The molecule has 0 bridgehead atoms. The van der Waals surface area contributed by atoms with Gasteiger partial charge in [0.05, 0.1) is 18.7 Å². The SMILES string of the molecule is CC(=O)N[C@@H](Cc1ccccc1)C(=O)NCC(=O)NCC(=O)Nc1cccc(C(=O)O)c1. The highest BCUT2D eigenvalue weighted by Gasteiger charge is 2.20. The van der Waals surface area contributed by atoms with Gasteiger partial charge in [0.1, 0.15) is 6.04 Å². The fourth-order valence-electron chi connectivity index (χ4n) is 2.77. The summed E-state index contributed by atoms with van der Waals surface area (Å²) in [4.78, 5) is 58.7. The van der Waals surface area contributed by atoms with E-state index in [2.05, 4.69) is 21.3 Å². The Morgan fingerprint density at radius 3 is 2.22 bits per heavy atom. The van der Waals surface area contributed by atoms with E-state index in [1.54, 1.807) is 0 Å². The lowest BCUT2D eigenvalue weighted by Gasteiger charge is -2.17. The van der Waals surface area contributed by atoms with Crippen molar-refractivity contribution < 1.29 is 29.1 Å². The van der Waals surface area contributed by atoms with Crippen molar-refractivity contribution in [1.29, 1.82) is 0 Å². The van der Waals surface area contributed by atoms with Crippen LogP contribution in [0.15, 0.2) is 54.6 Å². The lowest BCUT2D eigenvalue weighted by atomic mass is 10.1. The Morgan fingerprint density at radius 2 is 1.56 bits per heavy atom.